The predicted octanol–water partition coefficient (Wildman–Crippen LogP) is 6.19. The summed E-state index contributed by atoms with van der Waals surface area (Å²) in [5.41, 5.74) is 4.57. The fourth-order valence-corrected chi connectivity index (χ4v) is 5.81. The highest BCUT2D eigenvalue weighted by atomic mass is 32.1. The monoisotopic (exact) mass is 503 g/mol. The highest BCUT2D eigenvalue weighted by molar-refractivity contribution is 7.22. The molecule has 0 unspecified atom stereocenters. The Labute approximate surface area is 214 Å². The van der Waals surface area contributed by atoms with Crippen molar-refractivity contribution in [3.05, 3.63) is 65.4 Å². The van der Waals surface area contributed by atoms with Gasteiger partial charge in [-0.3, -0.25) is 0 Å². The molecule has 4 aromatic rings. The smallest absolute Gasteiger partial charge is 0.338 e. The van der Waals surface area contributed by atoms with Gasteiger partial charge < -0.3 is 18.9 Å². The zero-order chi connectivity index (χ0) is 24.5. The molecule has 2 aliphatic rings. The van der Waals surface area contributed by atoms with Crippen LogP contribution < -0.4 is 4.90 Å². The van der Waals surface area contributed by atoms with Crippen LogP contribution in [-0.4, -0.2) is 41.9 Å². The van der Waals surface area contributed by atoms with Gasteiger partial charge in [0.05, 0.1) is 35.1 Å². The van der Waals surface area contributed by atoms with Gasteiger partial charge in [0, 0.05) is 30.1 Å². The van der Waals surface area contributed by atoms with Crippen LogP contribution in [0.25, 0.3) is 21.5 Å². The number of hydrogen-bond donors (Lipinski definition) is 0. The summed E-state index contributed by atoms with van der Waals surface area (Å²) >= 11 is 1.62. The van der Waals surface area contributed by atoms with Crippen molar-refractivity contribution >= 4 is 32.7 Å². The summed E-state index contributed by atoms with van der Waals surface area (Å²) in [6.07, 6.45) is 4.40. The molecule has 2 aromatic carbocycles. The lowest BCUT2D eigenvalue weighted by Crippen LogP contribution is -2.36. The predicted molar refractivity (Wildman–Crippen MR) is 140 cm³/mol. The molecule has 7 nitrogen and oxygen atoms in total. The Balaban J connectivity index is 1.10. The number of hydrogen-bond acceptors (Lipinski definition) is 8. The number of esters is 1. The number of anilines is 1. The zero-order valence-electron chi connectivity index (χ0n) is 20.3. The number of ether oxygens (including phenoxy) is 2. The fourth-order valence-electron chi connectivity index (χ4n) is 4.75. The Morgan fingerprint density at radius 2 is 1.92 bits per heavy atom. The Kier molecular flexibility index (Phi) is 6.46. The van der Waals surface area contributed by atoms with E-state index < -0.39 is 0 Å². The number of benzene rings is 2. The van der Waals surface area contributed by atoms with Crippen molar-refractivity contribution in [2.75, 3.05) is 24.6 Å². The van der Waals surface area contributed by atoms with E-state index in [0.717, 1.165) is 76.7 Å². The van der Waals surface area contributed by atoms with Crippen LogP contribution in [0, 0.1) is 0 Å². The van der Waals surface area contributed by atoms with Gasteiger partial charge in [0.15, 0.2) is 5.13 Å². The summed E-state index contributed by atoms with van der Waals surface area (Å²) < 4.78 is 18.3. The molecule has 0 radical (unpaired) electrons. The van der Waals surface area contributed by atoms with Crippen LogP contribution in [-0.2, 0) is 16.1 Å². The molecule has 0 atom stereocenters. The van der Waals surface area contributed by atoms with Gasteiger partial charge in [0.1, 0.15) is 11.5 Å². The maximum absolute atomic E-state index is 12.1. The van der Waals surface area contributed by atoms with Crippen molar-refractivity contribution in [2.24, 2.45) is 0 Å². The third-order valence-corrected chi connectivity index (χ3v) is 7.96. The first kappa shape index (κ1) is 23.2. The van der Waals surface area contributed by atoms with E-state index in [1.54, 1.807) is 17.4 Å². The van der Waals surface area contributed by atoms with Crippen LogP contribution >= 0.6 is 11.3 Å². The molecule has 1 saturated carbocycles. The number of fused-ring (bicyclic) bond motifs is 1. The second kappa shape index (κ2) is 10.0. The lowest BCUT2D eigenvalue weighted by molar-refractivity contribution is 0.0246. The normalized spacial score (nSPS) is 16.5. The van der Waals surface area contributed by atoms with E-state index in [0.29, 0.717) is 24.7 Å². The summed E-state index contributed by atoms with van der Waals surface area (Å²) in [5.74, 6) is 1.20. The molecule has 0 N–H and O–H groups in total. The van der Waals surface area contributed by atoms with Gasteiger partial charge in [-0.25, -0.2) is 9.78 Å². The summed E-state index contributed by atoms with van der Waals surface area (Å²) in [4.78, 5) is 19.2. The molecule has 6 rings (SSSR count). The minimum Gasteiger partial charge on any atom is -0.462 e. The van der Waals surface area contributed by atoms with Crippen molar-refractivity contribution < 1.29 is 18.8 Å². The lowest BCUT2D eigenvalue weighted by Gasteiger charge is -2.31. The van der Waals surface area contributed by atoms with Crippen molar-refractivity contribution in [3.8, 4) is 11.3 Å². The molecule has 8 heteroatoms. The van der Waals surface area contributed by atoms with Gasteiger partial charge in [-0.2, -0.15) is 0 Å². The van der Waals surface area contributed by atoms with E-state index in [9.17, 15) is 4.79 Å². The van der Waals surface area contributed by atoms with Gasteiger partial charge in [0.2, 0.25) is 0 Å². The lowest BCUT2D eigenvalue weighted by atomic mass is 10.0. The Hall–Kier alpha value is -3.23. The minimum absolute atomic E-state index is 0.191. The topological polar surface area (TPSA) is 77.7 Å². The molecule has 1 aliphatic carbocycles. The molecular formula is C28H29N3O4S. The average Bonchev–Trinajstić information content (AvgIpc) is 3.52. The first-order valence-corrected chi connectivity index (χ1v) is 13.5. The van der Waals surface area contributed by atoms with E-state index in [1.165, 1.54) is 0 Å². The number of thiazole rings is 1. The second-order valence-electron chi connectivity index (χ2n) is 9.41. The van der Waals surface area contributed by atoms with Gasteiger partial charge in [0.25, 0.3) is 0 Å². The van der Waals surface area contributed by atoms with E-state index in [1.807, 2.05) is 37.3 Å². The maximum Gasteiger partial charge on any atom is 0.338 e. The Morgan fingerprint density at radius 3 is 2.67 bits per heavy atom. The fraction of sp³-hybridized carbons (Fsp3) is 0.393. The van der Waals surface area contributed by atoms with Gasteiger partial charge in [-0.1, -0.05) is 46.8 Å². The average molecular weight is 504 g/mol. The summed E-state index contributed by atoms with van der Waals surface area (Å²) in [6.45, 7) is 4.49. The van der Waals surface area contributed by atoms with E-state index in [4.69, 9.17) is 19.0 Å². The van der Waals surface area contributed by atoms with E-state index >= 15 is 0 Å². The first-order valence-electron chi connectivity index (χ1n) is 12.7. The molecule has 3 heterocycles. The second-order valence-corrected chi connectivity index (χ2v) is 10.4. The summed E-state index contributed by atoms with van der Waals surface area (Å²) in [5, 5.41) is 5.40. The Morgan fingerprint density at radius 1 is 1.11 bits per heavy atom. The van der Waals surface area contributed by atoms with E-state index in [2.05, 4.69) is 22.2 Å². The molecule has 2 fully saturated rings. The van der Waals surface area contributed by atoms with Crippen LogP contribution in [0.4, 0.5) is 5.13 Å². The van der Waals surface area contributed by atoms with E-state index in [-0.39, 0.29) is 12.1 Å². The molecular weight excluding hydrogens is 474 g/mol. The largest absolute Gasteiger partial charge is 0.462 e. The van der Waals surface area contributed by atoms with Crippen LogP contribution in [0.5, 0.6) is 0 Å². The first-order chi connectivity index (χ1) is 17.7. The van der Waals surface area contributed by atoms with Crippen molar-refractivity contribution in [1.29, 1.82) is 0 Å². The van der Waals surface area contributed by atoms with Gasteiger partial charge in [-0.05, 0) is 50.8 Å². The van der Waals surface area contributed by atoms with Crippen LogP contribution in [0.15, 0.2) is 53.1 Å². The molecule has 1 aliphatic heterocycles. The molecule has 0 spiro atoms. The molecule has 186 valence electrons. The summed E-state index contributed by atoms with van der Waals surface area (Å²) in [7, 11) is 0. The zero-order valence-corrected chi connectivity index (χ0v) is 21.1. The number of nitrogens with zero attached hydrogens (tertiary/aromatic N) is 3. The highest BCUT2D eigenvalue weighted by Gasteiger charge is 2.33. The van der Waals surface area contributed by atoms with Gasteiger partial charge in [-0.15, -0.1) is 0 Å². The quantitative estimate of drug-likeness (QED) is 0.265. The summed E-state index contributed by atoms with van der Waals surface area (Å²) in [6, 6.07) is 15.8. The SMILES string of the molecule is CCOC(=O)c1ccc2nc(N3CCC(OCc4c(-c5ccccc5)noc4C4CC4)CC3)sc2c1. The third kappa shape index (κ3) is 4.75. The highest BCUT2D eigenvalue weighted by Crippen LogP contribution is 2.44. The van der Waals surface area contributed by atoms with Crippen molar-refractivity contribution in [3.63, 3.8) is 0 Å². The number of rotatable bonds is 8. The van der Waals surface area contributed by atoms with Crippen LogP contribution in [0.3, 0.4) is 0 Å². The number of aromatic nitrogens is 2. The standard InChI is InChI=1S/C28H29N3O4S/c1-2-33-27(32)20-10-11-23-24(16-20)36-28(29-23)31-14-12-21(13-15-31)34-17-22-25(18-6-4-3-5-7-18)30-35-26(22)19-8-9-19/h3-7,10-11,16,19,21H,2,8-9,12-15,17H2,1H3. The van der Waals surface area contributed by atoms with Crippen LogP contribution in [0.2, 0.25) is 0 Å². The number of carbonyl (C=O) groups excluding carboxylic acids is 1. The van der Waals surface area contributed by atoms with Crippen molar-refractivity contribution in [1.82, 2.24) is 10.1 Å². The maximum atomic E-state index is 12.1. The molecule has 36 heavy (non-hydrogen) atoms. The van der Waals surface area contributed by atoms with Crippen LogP contribution in [0.1, 0.15) is 60.2 Å². The molecule has 0 bridgehead atoms. The molecule has 0 amide bonds. The van der Waals surface area contributed by atoms with Crippen molar-refractivity contribution in [2.45, 2.75) is 51.2 Å². The van der Waals surface area contributed by atoms with Gasteiger partial charge >= 0.3 is 5.97 Å². The number of piperidine rings is 1. The number of carbonyl (C=O) groups is 1. The third-order valence-electron chi connectivity index (χ3n) is 6.88. The molecule has 1 saturated heterocycles. The Bertz CT molecular complexity index is 1350. The minimum atomic E-state index is -0.291. The molecule has 2 aromatic heterocycles.